The molecular formula is C55H32N2. The molecule has 0 radical (unpaired) electrons. The predicted octanol–water partition coefficient (Wildman–Crippen LogP) is 13.9. The number of hydrogen-bond donors (Lipinski definition) is 0. The van der Waals surface area contributed by atoms with Crippen molar-refractivity contribution in [2.24, 2.45) is 0 Å². The van der Waals surface area contributed by atoms with Gasteiger partial charge in [-0.2, -0.15) is 0 Å². The normalized spacial score (nSPS) is 15.1. The lowest BCUT2D eigenvalue weighted by Crippen LogP contribution is -2.27. The van der Waals surface area contributed by atoms with Crippen LogP contribution in [0, 0.1) is 0 Å². The first kappa shape index (κ1) is 30.9. The average Bonchev–Trinajstić information content (AvgIpc) is 3.75. The summed E-state index contributed by atoms with van der Waals surface area (Å²) in [5.74, 6) is 0.740. The lowest BCUT2D eigenvalue weighted by molar-refractivity contribution is 0.795. The maximum atomic E-state index is 5.57. The lowest BCUT2D eigenvalue weighted by atomic mass is 9.69. The second-order valence-electron chi connectivity index (χ2n) is 15.6. The second-order valence-corrected chi connectivity index (χ2v) is 15.6. The molecule has 10 aromatic carbocycles. The van der Waals surface area contributed by atoms with Crippen LogP contribution in [0.15, 0.2) is 194 Å². The monoisotopic (exact) mass is 720 g/mol. The Kier molecular flexibility index (Phi) is 6.13. The van der Waals surface area contributed by atoms with Crippen LogP contribution >= 0.6 is 0 Å². The lowest BCUT2D eigenvalue weighted by Gasteiger charge is -2.32. The zero-order valence-corrected chi connectivity index (χ0v) is 30.9. The van der Waals surface area contributed by atoms with Gasteiger partial charge in [0.2, 0.25) is 0 Å². The van der Waals surface area contributed by atoms with Gasteiger partial charge in [0.1, 0.15) is 0 Å². The van der Waals surface area contributed by atoms with E-state index in [4.69, 9.17) is 9.97 Å². The number of aromatic nitrogens is 2. The number of hydrogen-bond acceptors (Lipinski definition) is 2. The van der Waals surface area contributed by atoms with Gasteiger partial charge in [0.25, 0.3) is 0 Å². The SMILES string of the molecule is c1ccc2c(c1)-c1cc3c4ccccc4c4ccccc4c3cc1C21c2ccccc2-c2cccc(-c3nc(-c4ccc5ccccc5c4)c4ccccc4n3)c21. The molecule has 0 bridgehead atoms. The van der Waals surface area contributed by atoms with Crippen molar-refractivity contribution in [2.75, 3.05) is 0 Å². The minimum Gasteiger partial charge on any atom is -0.228 e. The summed E-state index contributed by atoms with van der Waals surface area (Å²) in [4.78, 5) is 11.0. The van der Waals surface area contributed by atoms with Crippen molar-refractivity contribution in [3.8, 4) is 44.9 Å². The van der Waals surface area contributed by atoms with Crippen molar-refractivity contribution in [2.45, 2.75) is 5.41 Å². The molecule has 0 N–H and O–H groups in total. The van der Waals surface area contributed by atoms with E-state index >= 15 is 0 Å². The first-order valence-electron chi connectivity index (χ1n) is 19.7. The molecule has 1 heterocycles. The standard InChI is InChI=1S/C55H32N2/c1-2-15-34-30-35(29-28-33(34)14-1)53-43-22-9-12-27-51(43)56-54(57-53)44-24-13-23-42-40-20-7-10-25-48(40)55(52(42)44)49-26-11-8-21-41(49)47-31-45-38-18-5-3-16-36(38)37-17-4-6-19-39(37)46(45)32-50(47)55/h1-32H. The fourth-order valence-corrected chi connectivity index (χ4v) is 10.5. The molecule has 0 amide bonds. The minimum absolute atomic E-state index is 0.590. The van der Waals surface area contributed by atoms with E-state index in [9.17, 15) is 0 Å². The van der Waals surface area contributed by atoms with E-state index < -0.39 is 5.41 Å². The van der Waals surface area contributed by atoms with E-state index in [0.717, 1.165) is 33.5 Å². The maximum absolute atomic E-state index is 5.57. The molecule has 0 saturated heterocycles. The van der Waals surface area contributed by atoms with Gasteiger partial charge in [-0.25, -0.2) is 9.97 Å². The molecule has 11 aromatic rings. The van der Waals surface area contributed by atoms with Crippen LogP contribution < -0.4 is 0 Å². The van der Waals surface area contributed by atoms with Gasteiger partial charge >= 0.3 is 0 Å². The summed E-state index contributed by atoms with van der Waals surface area (Å²) >= 11 is 0. The van der Waals surface area contributed by atoms with Crippen molar-refractivity contribution < 1.29 is 0 Å². The van der Waals surface area contributed by atoms with Crippen LogP contribution in [-0.2, 0) is 5.41 Å². The smallest absolute Gasteiger partial charge is 0.160 e. The van der Waals surface area contributed by atoms with Crippen LogP contribution in [0.4, 0.5) is 0 Å². The molecule has 0 saturated carbocycles. The molecule has 262 valence electrons. The van der Waals surface area contributed by atoms with Crippen molar-refractivity contribution in [1.82, 2.24) is 9.97 Å². The van der Waals surface area contributed by atoms with Crippen molar-refractivity contribution in [3.63, 3.8) is 0 Å². The molecule has 1 spiro atoms. The zero-order chi connectivity index (χ0) is 37.2. The van der Waals surface area contributed by atoms with Crippen molar-refractivity contribution >= 4 is 54.0 Å². The molecule has 1 atom stereocenters. The first-order valence-corrected chi connectivity index (χ1v) is 19.7. The van der Waals surface area contributed by atoms with Gasteiger partial charge in [-0.05, 0) is 112 Å². The summed E-state index contributed by atoms with van der Waals surface area (Å²) in [5, 5.41) is 11.1. The Morgan fingerprint density at radius 2 is 0.860 bits per heavy atom. The van der Waals surface area contributed by atoms with Crippen LogP contribution in [-0.4, -0.2) is 9.97 Å². The zero-order valence-electron chi connectivity index (χ0n) is 30.9. The Labute approximate surface area is 329 Å². The molecule has 0 aliphatic heterocycles. The van der Waals surface area contributed by atoms with Gasteiger partial charge in [-0.15, -0.1) is 0 Å². The number of fused-ring (bicyclic) bond motifs is 18. The van der Waals surface area contributed by atoms with Gasteiger partial charge in [-0.1, -0.05) is 170 Å². The molecule has 13 rings (SSSR count). The fraction of sp³-hybridized carbons (Fsp3) is 0.0182. The van der Waals surface area contributed by atoms with Gasteiger partial charge in [0.05, 0.1) is 16.6 Å². The summed E-state index contributed by atoms with van der Waals surface area (Å²) in [6.07, 6.45) is 0. The van der Waals surface area contributed by atoms with Crippen LogP contribution in [0.2, 0.25) is 0 Å². The Bertz CT molecular complexity index is 3540. The molecule has 2 aliphatic rings. The molecule has 57 heavy (non-hydrogen) atoms. The predicted molar refractivity (Wildman–Crippen MR) is 237 cm³/mol. The van der Waals surface area contributed by atoms with Crippen LogP contribution in [0.25, 0.3) is 98.9 Å². The molecule has 1 unspecified atom stereocenters. The van der Waals surface area contributed by atoms with E-state index in [-0.39, 0.29) is 0 Å². The van der Waals surface area contributed by atoms with Crippen molar-refractivity contribution in [3.05, 3.63) is 216 Å². The van der Waals surface area contributed by atoms with E-state index in [1.807, 2.05) is 0 Å². The third-order valence-electron chi connectivity index (χ3n) is 12.8. The van der Waals surface area contributed by atoms with Gasteiger partial charge in [0, 0.05) is 16.5 Å². The molecular weight excluding hydrogens is 689 g/mol. The van der Waals surface area contributed by atoms with Crippen molar-refractivity contribution in [1.29, 1.82) is 0 Å². The van der Waals surface area contributed by atoms with E-state index in [1.54, 1.807) is 0 Å². The topological polar surface area (TPSA) is 25.8 Å². The van der Waals surface area contributed by atoms with Crippen LogP contribution in [0.5, 0.6) is 0 Å². The largest absolute Gasteiger partial charge is 0.228 e. The highest BCUT2D eigenvalue weighted by Crippen LogP contribution is 2.65. The quantitative estimate of drug-likeness (QED) is 0.166. The highest BCUT2D eigenvalue weighted by molar-refractivity contribution is 6.26. The Morgan fingerprint density at radius 1 is 0.316 bits per heavy atom. The summed E-state index contributed by atoms with van der Waals surface area (Å²) in [6, 6.07) is 71.4. The third kappa shape index (κ3) is 4.04. The van der Waals surface area contributed by atoms with Crippen LogP contribution in [0.3, 0.4) is 0 Å². The number of benzene rings is 10. The first-order chi connectivity index (χ1) is 28.3. The van der Waals surface area contributed by atoms with E-state index in [0.29, 0.717) is 0 Å². The molecule has 2 heteroatoms. The van der Waals surface area contributed by atoms with Crippen LogP contribution in [0.1, 0.15) is 22.3 Å². The Balaban J connectivity index is 1.16. The Hall–Kier alpha value is -7.42. The molecule has 0 fully saturated rings. The van der Waals surface area contributed by atoms with E-state index in [1.165, 1.54) is 87.6 Å². The molecule has 2 nitrogen and oxygen atoms in total. The number of para-hydroxylation sites is 1. The Morgan fingerprint density at radius 3 is 1.60 bits per heavy atom. The fourth-order valence-electron chi connectivity index (χ4n) is 10.5. The molecule has 2 aliphatic carbocycles. The number of nitrogens with zero attached hydrogens (tertiary/aromatic N) is 2. The third-order valence-corrected chi connectivity index (χ3v) is 12.8. The van der Waals surface area contributed by atoms with E-state index in [2.05, 4.69) is 194 Å². The summed E-state index contributed by atoms with van der Waals surface area (Å²) in [5.41, 5.74) is 13.7. The summed E-state index contributed by atoms with van der Waals surface area (Å²) in [7, 11) is 0. The van der Waals surface area contributed by atoms with Gasteiger partial charge in [0.15, 0.2) is 5.82 Å². The average molecular weight is 721 g/mol. The highest BCUT2D eigenvalue weighted by Gasteiger charge is 2.53. The second kappa shape index (κ2) is 11.3. The minimum atomic E-state index is -0.590. The van der Waals surface area contributed by atoms with Gasteiger partial charge < -0.3 is 0 Å². The van der Waals surface area contributed by atoms with Gasteiger partial charge in [-0.3, -0.25) is 0 Å². The maximum Gasteiger partial charge on any atom is 0.160 e. The summed E-state index contributed by atoms with van der Waals surface area (Å²) < 4.78 is 0. The molecule has 1 aromatic heterocycles. The summed E-state index contributed by atoms with van der Waals surface area (Å²) in [6.45, 7) is 0. The number of rotatable bonds is 2. The highest BCUT2D eigenvalue weighted by atomic mass is 14.9.